The van der Waals surface area contributed by atoms with Gasteiger partial charge in [0.15, 0.2) is 0 Å². The van der Waals surface area contributed by atoms with Crippen molar-refractivity contribution in [1.82, 2.24) is 10.6 Å². The Morgan fingerprint density at radius 2 is 1.38 bits per heavy atom. The van der Waals surface area contributed by atoms with Gasteiger partial charge in [-0.15, -0.1) is 0 Å². The van der Waals surface area contributed by atoms with E-state index in [0.29, 0.717) is 12.6 Å². The highest BCUT2D eigenvalue weighted by Gasteiger charge is 2.07. The van der Waals surface area contributed by atoms with E-state index in [4.69, 9.17) is 0 Å². The van der Waals surface area contributed by atoms with Crippen LogP contribution in [0, 0.1) is 0 Å². The van der Waals surface area contributed by atoms with E-state index in [1.165, 1.54) is 64.2 Å². The fourth-order valence-corrected chi connectivity index (χ4v) is 2.66. The summed E-state index contributed by atoms with van der Waals surface area (Å²) in [7, 11) is 0. The van der Waals surface area contributed by atoms with Crippen molar-refractivity contribution in [3.8, 4) is 0 Å². The summed E-state index contributed by atoms with van der Waals surface area (Å²) in [6.45, 7) is 9.02. The second-order valence-corrected chi connectivity index (χ2v) is 6.40. The molecule has 2 atom stereocenters. The molecule has 0 spiro atoms. The molecule has 0 aromatic rings. The van der Waals surface area contributed by atoms with Crippen LogP contribution in [0.25, 0.3) is 0 Å². The highest BCUT2D eigenvalue weighted by Crippen LogP contribution is 2.12. The van der Waals surface area contributed by atoms with Crippen LogP contribution in [0.2, 0.25) is 0 Å². The summed E-state index contributed by atoms with van der Waals surface area (Å²) in [4.78, 5) is 0. The van der Waals surface area contributed by atoms with Gasteiger partial charge in [-0.05, 0) is 19.8 Å². The van der Waals surface area contributed by atoms with Crippen LogP contribution in [0.5, 0.6) is 0 Å². The third kappa shape index (κ3) is 16.1. The molecule has 0 aromatic carbocycles. The normalized spacial score (nSPS) is 14.3. The van der Waals surface area contributed by atoms with Gasteiger partial charge >= 0.3 is 0 Å². The van der Waals surface area contributed by atoms with Crippen molar-refractivity contribution in [2.24, 2.45) is 0 Å². The average Bonchev–Trinajstić information content (AvgIpc) is 2.45. The largest absolute Gasteiger partial charge is 0.392 e. The Hall–Kier alpha value is -0.120. The van der Waals surface area contributed by atoms with Gasteiger partial charge in [0.25, 0.3) is 0 Å². The number of aliphatic hydroxyl groups is 1. The first-order chi connectivity index (χ1) is 10.2. The van der Waals surface area contributed by atoms with Crippen LogP contribution in [-0.2, 0) is 0 Å². The van der Waals surface area contributed by atoms with Crippen molar-refractivity contribution in [1.29, 1.82) is 0 Å². The fraction of sp³-hybridized carbons (Fsp3) is 1.00. The molecule has 0 bridgehead atoms. The van der Waals surface area contributed by atoms with Gasteiger partial charge < -0.3 is 15.7 Å². The topological polar surface area (TPSA) is 44.3 Å². The first-order valence-corrected chi connectivity index (χ1v) is 9.32. The Morgan fingerprint density at radius 3 is 2.00 bits per heavy atom. The molecule has 0 aliphatic rings. The Labute approximate surface area is 133 Å². The van der Waals surface area contributed by atoms with Crippen molar-refractivity contribution in [2.45, 2.75) is 97.1 Å². The summed E-state index contributed by atoms with van der Waals surface area (Å²) in [6.07, 6.45) is 13.3. The molecule has 0 fully saturated rings. The smallest absolute Gasteiger partial charge is 0.0636 e. The van der Waals surface area contributed by atoms with Gasteiger partial charge in [0.2, 0.25) is 0 Å². The predicted octanol–water partition coefficient (Wildman–Crippen LogP) is 3.86. The van der Waals surface area contributed by atoms with Gasteiger partial charge in [-0.1, -0.05) is 65.2 Å². The van der Waals surface area contributed by atoms with Crippen molar-refractivity contribution >= 4 is 0 Å². The van der Waals surface area contributed by atoms with Crippen LogP contribution in [-0.4, -0.2) is 36.9 Å². The molecule has 0 aliphatic carbocycles. The number of aliphatic hydroxyl groups excluding tert-OH is 1. The third-order valence-corrected chi connectivity index (χ3v) is 3.99. The van der Waals surface area contributed by atoms with Crippen LogP contribution in [0.1, 0.15) is 85.0 Å². The molecule has 3 nitrogen and oxygen atoms in total. The van der Waals surface area contributed by atoms with E-state index in [-0.39, 0.29) is 6.10 Å². The maximum Gasteiger partial charge on any atom is 0.0636 e. The SMILES string of the molecule is CCCCCCCC(CCCCC)NCCNC[C@H](C)O. The zero-order chi connectivity index (χ0) is 15.8. The first kappa shape index (κ1) is 20.9. The monoisotopic (exact) mass is 300 g/mol. The summed E-state index contributed by atoms with van der Waals surface area (Å²) in [5.41, 5.74) is 0. The molecule has 3 heteroatoms. The summed E-state index contributed by atoms with van der Waals surface area (Å²) in [5, 5.41) is 16.2. The maximum atomic E-state index is 9.21. The third-order valence-electron chi connectivity index (χ3n) is 3.99. The van der Waals surface area contributed by atoms with E-state index in [1.54, 1.807) is 0 Å². The Morgan fingerprint density at radius 1 is 0.810 bits per heavy atom. The van der Waals surface area contributed by atoms with Gasteiger partial charge in [-0.25, -0.2) is 0 Å². The number of hydrogen-bond donors (Lipinski definition) is 3. The maximum absolute atomic E-state index is 9.21. The fourth-order valence-electron chi connectivity index (χ4n) is 2.66. The lowest BCUT2D eigenvalue weighted by molar-refractivity contribution is 0.191. The summed E-state index contributed by atoms with van der Waals surface area (Å²) >= 11 is 0. The molecule has 128 valence electrons. The minimum Gasteiger partial charge on any atom is -0.392 e. The molecule has 3 N–H and O–H groups in total. The van der Waals surface area contributed by atoms with Crippen LogP contribution in [0.4, 0.5) is 0 Å². The Balaban J connectivity index is 3.69. The van der Waals surface area contributed by atoms with Gasteiger partial charge in [0.05, 0.1) is 6.10 Å². The molecule has 0 aliphatic heterocycles. The highest BCUT2D eigenvalue weighted by molar-refractivity contribution is 4.68. The molecule has 21 heavy (non-hydrogen) atoms. The van der Waals surface area contributed by atoms with Crippen LogP contribution in [0.3, 0.4) is 0 Å². The van der Waals surface area contributed by atoms with Crippen LogP contribution >= 0.6 is 0 Å². The van der Waals surface area contributed by atoms with Gasteiger partial charge in [0, 0.05) is 25.7 Å². The second-order valence-electron chi connectivity index (χ2n) is 6.40. The Kier molecular flexibility index (Phi) is 16.2. The number of nitrogens with one attached hydrogen (secondary N) is 2. The number of hydrogen-bond acceptors (Lipinski definition) is 3. The van der Waals surface area contributed by atoms with E-state index in [2.05, 4.69) is 24.5 Å². The standard InChI is InChI=1S/C18H40N2O/c1-4-6-8-9-11-13-18(12-10-7-5-2)20-15-14-19-16-17(3)21/h17-21H,4-16H2,1-3H3/t17-,18?/m0/s1. The predicted molar refractivity (Wildman–Crippen MR) is 93.9 cm³/mol. The summed E-state index contributed by atoms with van der Waals surface area (Å²) < 4.78 is 0. The van der Waals surface area contributed by atoms with E-state index in [1.807, 2.05) is 6.92 Å². The van der Waals surface area contributed by atoms with E-state index in [9.17, 15) is 5.11 Å². The quantitative estimate of drug-likeness (QED) is 0.379. The second kappa shape index (κ2) is 16.3. The van der Waals surface area contributed by atoms with Crippen LogP contribution < -0.4 is 10.6 Å². The van der Waals surface area contributed by atoms with E-state index < -0.39 is 0 Å². The Bertz CT molecular complexity index is 198. The minimum atomic E-state index is -0.246. The molecule has 0 saturated carbocycles. The molecule has 0 radical (unpaired) electrons. The van der Waals surface area contributed by atoms with E-state index in [0.717, 1.165) is 13.1 Å². The summed E-state index contributed by atoms with van der Waals surface area (Å²) in [6, 6.07) is 0.687. The van der Waals surface area contributed by atoms with Crippen LogP contribution in [0.15, 0.2) is 0 Å². The lowest BCUT2D eigenvalue weighted by atomic mass is 10.0. The molecule has 0 saturated heterocycles. The zero-order valence-electron chi connectivity index (χ0n) is 14.8. The van der Waals surface area contributed by atoms with Gasteiger partial charge in [0.1, 0.15) is 0 Å². The number of rotatable bonds is 16. The van der Waals surface area contributed by atoms with Gasteiger partial charge in [-0.2, -0.15) is 0 Å². The highest BCUT2D eigenvalue weighted by atomic mass is 16.3. The molecule has 0 aromatic heterocycles. The lowest BCUT2D eigenvalue weighted by Gasteiger charge is -2.19. The summed E-state index contributed by atoms with van der Waals surface area (Å²) in [5.74, 6) is 0. The minimum absolute atomic E-state index is 0.246. The lowest BCUT2D eigenvalue weighted by Crippen LogP contribution is -2.37. The van der Waals surface area contributed by atoms with Crippen molar-refractivity contribution in [2.75, 3.05) is 19.6 Å². The van der Waals surface area contributed by atoms with Crippen molar-refractivity contribution < 1.29 is 5.11 Å². The zero-order valence-corrected chi connectivity index (χ0v) is 14.8. The van der Waals surface area contributed by atoms with Gasteiger partial charge in [-0.3, -0.25) is 0 Å². The molecular formula is C18H40N2O. The average molecular weight is 301 g/mol. The molecule has 0 heterocycles. The molecule has 1 unspecified atom stereocenters. The van der Waals surface area contributed by atoms with Crippen molar-refractivity contribution in [3.05, 3.63) is 0 Å². The molecular weight excluding hydrogens is 260 g/mol. The van der Waals surface area contributed by atoms with E-state index >= 15 is 0 Å². The first-order valence-electron chi connectivity index (χ1n) is 9.32. The molecule has 0 rings (SSSR count). The van der Waals surface area contributed by atoms with Crippen molar-refractivity contribution in [3.63, 3.8) is 0 Å². The molecule has 0 amide bonds. The number of unbranched alkanes of at least 4 members (excludes halogenated alkanes) is 6.